The maximum atomic E-state index is 12.0. The summed E-state index contributed by atoms with van der Waals surface area (Å²) in [4.78, 5) is 23.4. The van der Waals surface area contributed by atoms with Gasteiger partial charge < -0.3 is 15.4 Å². The second kappa shape index (κ2) is 4.91. The predicted molar refractivity (Wildman–Crippen MR) is 73.3 cm³/mol. The van der Waals surface area contributed by atoms with Gasteiger partial charge >= 0.3 is 5.97 Å². The highest BCUT2D eigenvalue weighted by molar-refractivity contribution is 5.99. The Hall–Kier alpha value is -2.04. The van der Waals surface area contributed by atoms with E-state index in [1.54, 1.807) is 18.2 Å². The molecule has 0 aromatic heterocycles. The number of carbonyl (C=O) groups is 2. The number of nitrogens with one attached hydrogen (secondary N) is 2. The fraction of sp³-hybridized carbons (Fsp3) is 0.429. The number of hydrogen-bond acceptors (Lipinski definition) is 4. The minimum atomic E-state index is -0.536. The minimum absolute atomic E-state index is 0.0624. The van der Waals surface area contributed by atoms with Gasteiger partial charge in [-0.3, -0.25) is 4.79 Å². The lowest BCUT2D eigenvalue weighted by molar-refractivity contribution is -0.115. The number of carbonyl (C=O) groups excluding carboxylic acids is 2. The highest BCUT2D eigenvalue weighted by Gasteiger charge is 2.20. The Balaban J connectivity index is 2.25. The molecule has 19 heavy (non-hydrogen) atoms. The summed E-state index contributed by atoms with van der Waals surface area (Å²) in [7, 11) is 0. The van der Waals surface area contributed by atoms with Gasteiger partial charge in [0, 0.05) is 13.0 Å². The SMILES string of the molecule is CC(C)(C)OC(=O)c1ccc2c(c1)NC(=O)CCN2. The highest BCUT2D eigenvalue weighted by Crippen LogP contribution is 2.26. The summed E-state index contributed by atoms with van der Waals surface area (Å²) in [5.74, 6) is -0.457. The van der Waals surface area contributed by atoms with Crippen LogP contribution in [0, 0.1) is 0 Å². The van der Waals surface area contributed by atoms with E-state index in [-0.39, 0.29) is 5.91 Å². The molecule has 0 bridgehead atoms. The molecule has 0 fully saturated rings. The van der Waals surface area contributed by atoms with Gasteiger partial charge in [-0.1, -0.05) is 0 Å². The van der Waals surface area contributed by atoms with Crippen LogP contribution in [-0.4, -0.2) is 24.0 Å². The Morgan fingerprint density at radius 3 is 2.68 bits per heavy atom. The third kappa shape index (κ3) is 3.47. The summed E-state index contributed by atoms with van der Waals surface area (Å²) in [6.07, 6.45) is 0.413. The third-order valence-corrected chi connectivity index (χ3v) is 2.60. The van der Waals surface area contributed by atoms with Gasteiger partial charge in [-0.2, -0.15) is 0 Å². The monoisotopic (exact) mass is 262 g/mol. The van der Waals surface area contributed by atoms with Crippen molar-refractivity contribution in [3.63, 3.8) is 0 Å². The molecule has 1 aromatic rings. The lowest BCUT2D eigenvalue weighted by Crippen LogP contribution is -2.24. The summed E-state index contributed by atoms with van der Waals surface area (Å²) in [6, 6.07) is 5.11. The van der Waals surface area contributed by atoms with E-state index in [9.17, 15) is 9.59 Å². The Morgan fingerprint density at radius 2 is 2.00 bits per heavy atom. The largest absolute Gasteiger partial charge is 0.456 e. The molecule has 0 saturated carbocycles. The first-order chi connectivity index (χ1) is 8.85. The van der Waals surface area contributed by atoms with Gasteiger partial charge in [0.05, 0.1) is 16.9 Å². The zero-order valence-electron chi connectivity index (χ0n) is 11.4. The first-order valence-electron chi connectivity index (χ1n) is 6.26. The average Bonchev–Trinajstić information content (AvgIpc) is 2.46. The predicted octanol–water partition coefficient (Wildman–Crippen LogP) is 2.40. The summed E-state index contributed by atoms with van der Waals surface area (Å²) in [6.45, 7) is 6.04. The molecule has 0 aliphatic carbocycles. The van der Waals surface area contributed by atoms with Crippen LogP contribution in [0.25, 0.3) is 0 Å². The Morgan fingerprint density at radius 1 is 1.26 bits per heavy atom. The van der Waals surface area contributed by atoms with Crippen molar-refractivity contribution in [2.45, 2.75) is 32.8 Å². The van der Waals surface area contributed by atoms with Crippen LogP contribution in [0.5, 0.6) is 0 Å². The number of rotatable bonds is 1. The van der Waals surface area contributed by atoms with Crippen LogP contribution in [0.15, 0.2) is 18.2 Å². The van der Waals surface area contributed by atoms with E-state index < -0.39 is 11.6 Å². The zero-order valence-corrected chi connectivity index (χ0v) is 11.4. The molecule has 0 saturated heterocycles. The summed E-state index contributed by atoms with van der Waals surface area (Å²) in [5.41, 5.74) is 1.33. The van der Waals surface area contributed by atoms with E-state index >= 15 is 0 Å². The van der Waals surface area contributed by atoms with Crippen LogP contribution in [0.2, 0.25) is 0 Å². The smallest absolute Gasteiger partial charge is 0.338 e. The molecule has 2 rings (SSSR count). The summed E-state index contributed by atoms with van der Waals surface area (Å²) >= 11 is 0. The van der Waals surface area contributed by atoms with Gasteiger partial charge in [-0.25, -0.2) is 4.79 Å². The molecule has 1 aliphatic heterocycles. The molecule has 1 heterocycles. The van der Waals surface area contributed by atoms with Gasteiger partial charge in [0.25, 0.3) is 0 Å². The molecule has 0 unspecified atom stereocenters. The molecule has 1 amide bonds. The molecule has 1 aliphatic rings. The maximum absolute atomic E-state index is 12.0. The average molecular weight is 262 g/mol. The second-order valence-corrected chi connectivity index (χ2v) is 5.49. The van der Waals surface area contributed by atoms with E-state index in [1.807, 2.05) is 20.8 Å². The fourth-order valence-corrected chi connectivity index (χ4v) is 1.79. The van der Waals surface area contributed by atoms with Crippen molar-refractivity contribution in [1.82, 2.24) is 0 Å². The topological polar surface area (TPSA) is 67.4 Å². The fourth-order valence-electron chi connectivity index (χ4n) is 1.79. The van der Waals surface area contributed by atoms with Crippen LogP contribution >= 0.6 is 0 Å². The van der Waals surface area contributed by atoms with E-state index in [2.05, 4.69) is 10.6 Å². The van der Waals surface area contributed by atoms with Crippen LogP contribution in [0.4, 0.5) is 11.4 Å². The quantitative estimate of drug-likeness (QED) is 0.763. The number of ether oxygens (including phenoxy) is 1. The Bertz CT molecular complexity index is 518. The molecule has 0 spiro atoms. The number of anilines is 2. The number of esters is 1. The molecule has 5 heteroatoms. The van der Waals surface area contributed by atoms with Crippen molar-refractivity contribution < 1.29 is 14.3 Å². The van der Waals surface area contributed by atoms with Crippen LogP contribution in [0.1, 0.15) is 37.6 Å². The van der Waals surface area contributed by atoms with Crippen molar-refractivity contribution in [2.24, 2.45) is 0 Å². The summed E-state index contributed by atoms with van der Waals surface area (Å²) < 4.78 is 5.30. The normalized spacial score (nSPS) is 14.8. The molecule has 1 aromatic carbocycles. The number of benzene rings is 1. The van der Waals surface area contributed by atoms with Crippen molar-refractivity contribution in [1.29, 1.82) is 0 Å². The van der Waals surface area contributed by atoms with Gasteiger partial charge in [-0.15, -0.1) is 0 Å². The van der Waals surface area contributed by atoms with Crippen LogP contribution < -0.4 is 10.6 Å². The van der Waals surface area contributed by atoms with Gasteiger partial charge in [0.2, 0.25) is 5.91 Å². The minimum Gasteiger partial charge on any atom is -0.456 e. The number of amides is 1. The molecule has 0 atom stereocenters. The molecule has 102 valence electrons. The van der Waals surface area contributed by atoms with Crippen LogP contribution in [0.3, 0.4) is 0 Å². The lowest BCUT2D eigenvalue weighted by Gasteiger charge is -2.20. The van der Waals surface area contributed by atoms with Crippen molar-refractivity contribution in [3.05, 3.63) is 23.8 Å². The third-order valence-electron chi connectivity index (χ3n) is 2.60. The molecule has 2 N–H and O–H groups in total. The van der Waals surface area contributed by atoms with Crippen molar-refractivity contribution in [2.75, 3.05) is 17.2 Å². The lowest BCUT2D eigenvalue weighted by atomic mass is 10.1. The molecule has 5 nitrogen and oxygen atoms in total. The molecule has 0 radical (unpaired) electrons. The van der Waals surface area contributed by atoms with E-state index in [0.29, 0.717) is 24.2 Å². The Kier molecular flexibility index (Phi) is 3.46. The van der Waals surface area contributed by atoms with E-state index in [0.717, 1.165) is 5.69 Å². The number of fused-ring (bicyclic) bond motifs is 1. The first kappa shape index (κ1) is 13.4. The van der Waals surface area contributed by atoms with E-state index in [4.69, 9.17) is 4.74 Å². The second-order valence-electron chi connectivity index (χ2n) is 5.49. The van der Waals surface area contributed by atoms with Crippen molar-refractivity contribution >= 4 is 23.3 Å². The van der Waals surface area contributed by atoms with Crippen LogP contribution in [-0.2, 0) is 9.53 Å². The molecular formula is C14H18N2O3. The van der Waals surface area contributed by atoms with Gasteiger partial charge in [0.15, 0.2) is 0 Å². The Labute approximate surface area is 112 Å². The first-order valence-corrected chi connectivity index (χ1v) is 6.26. The number of hydrogen-bond donors (Lipinski definition) is 2. The molecular weight excluding hydrogens is 244 g/mol. The standard InChI is InChI=1S/C14H18N2O3/c1-14(2,3)19-13(18)9-4-5-10-11(8-9)16-12(17)6-7-15-10/h4-5,8,15H,6-7H2,1-3H3,(H,16,17). The van der Waals surface area contributed by atoms with E-state index in [1.165, 1.54) is 0 Å². The van der Waals surface area contributed by atoms with Gasteiger partial charge in [-0.05, 0) is 39.0 Å². The zero-order chi connectivity index (χ0) is 14.0. The van der Waals surface area contributed by atoms with Crippen molar-refractivity contribution in [3.8, 4) is 0 Å². The maximum Gasteiger partial charge on any atom is 0.338 e. The highest BCUT2D eigenvalue weighted by atomic mass is 16.6. The summed E-state index contributed by atoms with van der Waals surface area (Å²) in [5, 5.41) is 5.91. The van der Waals surface area contributed by atoms with Gasteiger partial charge in [0.1, 0.15) is 5.60 Å².